The molecule has 0 unspecified atom stereocenters. The zero-order valence-corrected chi connectivity index (χ0v) is 21.8. The van der Waals surface area contributed by atoms with Gasteiger partial charge in [0, 0.05) is 0 Å². The Kier molecular flexibility index (Phi) is 9.83. The van der Waals surface area contributed by atoms with Gasteiger partial charge in [-0.15, -0.1) is 0 Å². The number of rotatable bonds is 6. The van der Waals surface area contributed by atoms with Gasteiger partial charge in [-0.1, -0.05) is 0 Å². The van der Waals surface area contributed by atoms with Crippen LogP contribution in [0, 0.1) is 44.2 Å². The molecule has 0 aromatic rings. The summed E-state index contributed by atoms with van der Waals surface area (Å²) in [6.07, 6.45) is 11.8. The summed E-state index contributed by atoms with van der Waals surface area (Å²) in [6, 6.07) is 0.678. The second-order valence-electron chi connectivity index (χ2n) is 8.58. The van der Waals surface area contributed by atoms with Crippen LogP contribution in [0.3, 0.4) is 0 Å². The molecule has 2 aliphatic rings. The maximum absolute atomic E-state index is 13.2. The number of carbonyl (C=O) groups excluding carboxylic acids is 2. The molecule has 4 nitrogen and oxygen atoms in total. The summed E-state index contributed by atoms with van der Waals surface area (Å²) in [7, 11) is 4.04. The summed E-state index contributed by atoms with van der Waals surface area (Å²) in [6.45, 7) is 8.00. The fourth-order valence-corrected chi connectivity index (χ4v) is 18.2. The first-order valence-electron chi connectivity index (χ1n) is 10.5. The first kappa shape index (κ1) is 23.1. The standard InChI is InChI=1S/2C10H19NO.BrH.Nd/c2*1-8(2)10(12)11-9-6-4-3-5-7-9;;/h2*8-9H,3-7H2,1-2H3,(H,11,12);1H;/q;;;+3/p-3. The molecule has 0 bridgehead atoms. The van der Waals surface area contributed by atoms with Crippen LogP contribution in [0.2, 0.25) is 0 Å². The van der Waals surface area contributed by atoms with Crippen molar-refractivity contribution in [2.75, 3.05) is 0 Å². The van der Waals surface area contributed by atoms with E-state index in [1.54, 1.807) is 0 Å². The molecular weight excluding hydrogens is 524 g/mol. The zero-order valence-electron chi connectivity index (χ0n) is 17.0. The number of hydrogen-bond acceptors (Lipinski definition) is 2. The van der Waals surface area contributed by atoms with Crippen molar-refractivity contribution in [2.45, 2.75) is 104 Å². The van der Waals surface area contributed by atoms with E-state index in [9.17, 15) is 9.59 Å². The molecule has 0 aliphatic heterocycles. The van der Waals surface area contributed by atoms with E-state index in [1.807, 2.05) is 27.7 Å². The first-order valence-corrected chi connectivity index (χ1v) is 20.5. The van der Waals surface area contributed by atoms with Crippen molar-refractivity contribution < 1.29 is 41.9 Å². The molecule has 26 heavy (non-hydrogen) atoms. The van der Waals surface area contributed by atoms with E-state index in [4.69, 9.17) is 0 Å². The van der Waals surface area contributed by atoms with Gasteiger partial charge in [0.25, 0.3) is 0 Å². The average molecular weight is 561 g/mol. The Bertz CT molecular complexity index is 432. The Morgan fingerprint density at radius 1 is 0.731 bits per heavy atom. The molecule has 2 rings (SSSR count). The molecule has 0 radical (unpaired) electrons. The van der Waals surface area contributed by atoms with Crippen molar-refractivity contribution in [3.8, 4) is 0 Å². The van der Waals surface area contributed by atoms with Crippen LogP contribution >= 0.6 is 9.01 Å². The van der Waals surface area contributed by atoms with E-state index in [1.165, 1.54) is 38.5 Å². The summed E-state index contributed by atoms with van der Waals surface area (Å²) in [5.41, 5.74) is 0. The SMILES string of the molecule is CC(C)C(=O)[N](C1CCCCC1)[Nd]([Br])[N](C(=O)C(C)C)C1CCCCC1. The third-order valence-electron chi connectivity index (χ3n) is 5.74. The minimum absolute atomic E-state index is 0.00293. The van der Waals surface area contributed by atoms with Crippen LogP contribution in [0.5, 0.6) is 0 Å². The molecule has 0 spiro atoms. The van der Waals surface area contributed by atoms with Gasteiger partial charge in [-0.05, 0) is 0 Å². The average Bonchev–Trinajstić information content (AvgIpc) is 2.63. The molecule has 0 saturated heterocycles. The van der Waals surface area contributed by atoms with Crippen molar-refractivity contribution in [3.63, 3.8) is 0 Å². The Balaban J connectivity index is 2.31. The van der Waals surface area contributed by atoms with Crippen LogP contribution in [0.4, 0.5) is 0 Å². The second-order valence-corrected chi connectivity index (χ2v) is 18.7. The molecule has 2 aliphatic carbocycles. The second kappa shape index (κ2) is 11.1. The summed E-state index contributed by atoms with van der Waals surface area (Å²) in [5, 5.41) is 0. The van der Waals surface area contributed by atoms with Crippen molar-refractivity contribution in [1.82, 2.24) is 1.97 Å². The normalized spacial score (nSPS) is 19.7. The van der Waals surface area contributed by atoms with E-state index in [0.717, 1.165) is 25.7 Å². The van der Waals surface area contributed by atoms with Crippen LogP contribution in [0.15, 0.2) is 0 Å². The zero-order chi connectivity index (χ0) is 19.3. The third-order valence-corrected chi connectivity index (χ3v) is 17.7. The Labute approximate surface area is 178 Å². The van der Waals surface area contributed by atoms with Gasteiger partial charge in [-0.2, -0.15) is 0 Å². The summed E-state index contributed by atoms with van der Waals surface area (Å²) < 4.78 is 4.45. The maximum atomic E-state index is 13.2. The molecule has 6 heteroatoms. The molecule has 2 amide bonds. The van der Waals surface area contributed by atoms with Gasteiger partial charge < -0.3 is 0 Å². The number of amides is 2. The van der Waals surface area contributed by atoms with Crippen molar-refractivity contribution in [3.05, 3.63) is 0 Å². The van der Waals surface area contributed by atoms with E-state index in [0.29, 0.717) is 12.1 Å². The fraction of sp³-hybridized carbons (Fsp3) is 0.900. The number of halogens is 1. The van der Waals surface area contributed by atoms with Crippen LogP contribution in [-0.4, -0.2) is 25.9 Å². The van der Waals surface area contributed by atoms with Crippen LogP contribution in [0.25, 0.3) is 0 Å². The Morgan fingerprint density at radius 2 is 1.04 bits per heavy atom. The summed E-state index contributed by atoms with van der Waals surface area (Å²) in [5.74, 6) is 0.510. The van der Waals surface area contributed by atoms with E-state index in [2.05, 4.69) is 11.0 Å². The predicted molar refractivity (Wildman–Crippen MR) is 106 cm³/mol. The van der Waals surface area contributed by atoms with Crippen LogP contribution in [0.1, 0.15) is 91.9 Å². The Hall–Kier alpha value is 0.771. The van der Waals surface area contributed by atoms with Crippen LogP contribution < -0.4 is 0 Å². The molecular formula is C20H36BrN2NdO2. The first-order chi connectivity index (χ1) is 12.3. The fourth-order valence-electron chi connectivity index (χ4n) is 4.19. The molecule has 0 aromatic heterocycles. The third kappa shape index (κ3) is 5.88. The van der Waals surface area contributed by atoms with Crippen molar-refractivity contribution in [2.24, 2.45) is 11.8 Å². The van der Waals surface area contributed by atoms with E-state index in [-0.39, 0.29) is 23.7 Å². The van der Waals surface area contributed by atoms with Gasteiger partial charge in [-0.3, -0.25) is 0 Å². The van der Waals surface area contributed by atoms with Gasteiger partial charge in [-0.25, -0.2) is 0 Å². The summed E-state index contributed by atoms with van der Waals surface area (Å²) >= 11 is -2.94. The number of carbonyl (C=O) groups is 2. The minimum atomic E-state index is -2.94. The predicted octanol–water partition coefficient (Wildman–Crippen LogP) is 5.38. The van der Waals surface area contributed by atoms with Gasteiger partial charge in [0.1, 0.15) is 0 Å². The van der Waals surface area contributed by atoms with E-state index >= 15 is 0 Å². The van der Waals surface area contributed by atoms with Gasteiger partial charge >= 0.3 is 181 Å². The van der Waals surface area contributed by atoms with Gasteiger partial charge in [0.05, 0.1) is 0 Å². The Morgan fingerprint density at radius 3 is 1.31 bits per heavy atom. The molecule has 0 atom stereocenters. The van der Waals surface area contributed by atoms with Gasteiger partial charge in [0.2, 0.25) is 0 Å². The quantitative estimate of drug-likeness (QED) is 0.438. The molecule has 149 valence electrons. The number of nitrogens with zero attached hydrogens (tertiary/aromatic N) is 2. The molecule has 2 fully saturated rings. The van der Waals surface area contributed by atoms with Crippen molar-refractivity contribution >= 4 is 20.8 Å². The molecule has 2 saturated carbocycles. The summed E-state index contributed by atoms with van der Waals surface area (Å²) in [4.78, 5) is 26.3. The molecule has 0 N–H and O–H groups in total. The topological polar surface area (TPSA) is 40.6 Å². The van der Waals surface area contributed by atoms with E-state index < -0.39 is 32.3 Å². The molecule has 0 heterocycles. The van der Waals surface area contributed by atoms with Gasteiger partial charge in [0.15, 0.2) is 0 Å². The monoisotopic (exact) mass is 557 g/mol. The van der Waals surface area contributed by atoms with Crippen molar-refractivity contribution in [1.29, 1.82) is 0 Å². The number of hydrogen-bond donors (Lipinski definition) is 0. The molecule has 0 aromatic carbocycles. The van der Waals surface area contributed by atoms with Crippen LogP contribution in [-0.2, 0) is 9.59 Å².